The summed E-state index contributed by atoms with van der Waals surface area (Å²) in [6.45, 7) is 2.88. The van der Waals surface area contributed by atoms with E-state index in [1.165, 1.54) is 25.0 Å². The summed E-state index contributed by atoms with van der Waals surface area (Å²) in [4.78, 5) is 16.9. The van der Waals surface area contributed by atoms with E-state index in [-0.39, 0.29) is 5.69 Å². The van der Waals surface area contributed by atoms with Gasteiger partial charge in [-0.3, -0.25) is 15.0 Å². The summed E-state index contributed by atoms with van der Waals surface area (Å²) >= 11 is 0. The number of aromatic nitrogens is 1. The molecule has 0 saturated heterocycles. The number of nitrogens with zero attached hydrogens (tertiary/aromatic N) is 3. The van der Waals surface area contributed by atoms with E-state index in [1.807, 2.05) is 0 Å². The first-order chi connectivity index (χ1) is 10.0. The van der Waals surface area contributed by atoms with Crippen molar-refractivity contribution in [3.8, 4) is 0 Å². The van der Waals surface area contributed by atoms with Crippen LogP contribution in [0.5, 0.6) is 0 Å². The molecular formula is C14H18N4O3. The number of nitro benzene ring substituents is 1. The lowest BCUT2D eigenvalue weighted by atomic mass is 10.3. The van der Waals surface area contributed by atoms with Crippen LogP contribution in [0.4, 0.5) is 11.7 Å². The Morgan fingerprint density at radius 2 is 2.33 bits per heavy atom. The smallest absolute Gasteiger partial charge is 0.295 e. The lowest BCUT2D eigenvalue weighted by Crippen LogP contribution is -2.36. The minimum absolute atomic E-state index is 0.00651. The third-order valence-electron chi connectivity index (χ3n) is 3.95. The Hall–Kier alpha value is -2.15. The number of oxazole rings is 1. The summed E-state index contributed by atoms with van der Waals surface area (Å²) in [7, 11) is 2.12. The van der Waals surface area contributed by atoms with E-state index in [2.05, 4.69) is 29.2 Å². The van der Waals surface area contributed by atoms with Gasteiger partial charge in [-0.1, -0.05) is 0 Å². The third kappa shape index (κ3) is 2.97. The molecule has 7 heteroatoms. The highest BCUT2D eigenvalue weighted by atomic mass is 16.6. The van der Waals surface area contributed by atoms with Gasteiger partial charge >= 0.3 is 0 Å². The molecule has 1 aromatic carbocycles. The maximum absolute atomic E-state index is 10.7. The highest BCUT2D eigenvalue weighted by molar-refractivity contribution is 5.77. The minimum atomic E-state index is -0.443. The van der Waals surface area contributed by atoms with Crippen LogP contribution in [0.1, 0.15) is 19.8 Å². The summed E-state index contributed by atoms with van der Waals surface area (Å²) in [6.07, 6.45) is 2.54. The van der Waals surface area contributed by atoms with Crippen molar-refractivity contribution in [1.82, 2.24) is 9.88 Å². The maximum atomic E-state index is 10.7. The SMILES string of the molecule is CC(CNc1nc2ccc([N+](=O)[O-])cc2o1)N(C)C1CC1. The first kappa shape index (κ1) is 13.8. The van der Waals surface area contributed by atoms with Crippen molar-refractivity contribution >= 4 is 22.8 Å². The molecule has 0 amide bonds. The van der Waals surface area contributed by atoms with E-state index in [4.69, 9.17) is 4.42 Å². The van der Waals surface area contributed by atoms with Crippen molar-refractivity contribution < 1.29 is 9.34 Å². The van der Waals surface area contributed by atoms with Crippen molar-refractivity contribution in [2.45, 2.75) is 31.8 Å². The molecule has 1 N–H and O–H groups in total. The Kier molecular flexibility index (Phi) is 3.50. The molecule has 3 rings (SSSR count). The van der Waals surface area contributed by atoms with Gasteiger partial charge in [0.15, 0.2) is 5.58 Å². The topological polar surface area (TPSA) is 84.4 Å². The van der Waals surface area contributed by atoms with Gasteiger partial charge < -0.3 is 9.73 Å². The molecule has 1 aromatic heterocycles. The van der Waals surface area contributed by atoms with E-state index >= 15 is 0 Å². The highest BCUT2D eigenvalue weighted by Crippen LogP contribution is 2.27. The average molecular weight is 290 g/mol. The molecule has 1 heterocycles. The Labute approximate surface area is 122 Å². The number of anilines is 1. The quantitative estimate of drug-likeness (QED) is 0.650. The molecule has 0 radical (unpaired) electrons. The van der Waals surface area contributed by atoms with Crippen LogP contribution in [0.3, 0.4) is 0 Å². The van der Waals surface area contributed by atoms with Crippen LogP contribution in [-0.4, -0.2) is 40.5 Å². The molecule has 0 spiro atoms. The van der Waals surface area contributed by atoms with Crippen LogP contribution in [0.15, 0.2) is 22.6 Å². The number of likely N-dealkylation sites (N-methyl/N-ethyl adjacent to an activating group) is 1. The number of rotatable bonds is 6. The summed E-state index contributed by atoms with van der Waals surface area (Å²) < 4.78 is 5.52. The molecule has 1 atom stereocenters. The van der Waals surface area contributed by atoms with Gasteiger partial charge in [-0.25, -0.2) is 0 Å². The molecule has 1 aliphatic carbocycles. The normalized spacial score (nSPS) is 16.3. The number of hydrogen-bond donors (Lipinski definition) is 1. The highest BCUT2D eigenvalue weighted by Gasteiger charge is 2.29. The van der Waals surface area contributed by atoms with Gasteiger partial charge in [0.2, 0.25) is 0 Å². The summed E-state index contributed by atoms with van der Waals surface area (Å²) in [6, 6.07) is 5.91. The van der Waals surface area contributed by atoms with Gasteiger partial charge in [-0.15, -0.1) is 0 Å². The van der Waals surface area contributed by atoms with Crippen molar-refractivity contribution in [2.24, 2.45) is 0 Å². The second-order valence-electron chi connectivity index (χ2n) is 5.55. The molecular weight excluding hydrogens is 272 g/mol. The van der Waals surface area contributed by atoms with Gasteiger partial charge in [-0.05, 0) is 32.9 Å². The first-order valence-corrected chi connectivity index (χ1v) is 7.05. The summed E-state index contributed by atoms with van der Waals surface area (Å²) in [5.41, 5.74) is 1.05. The van der Waals surface area contributed by atoms with Gasteiger partial charge in [-0.2, -0.15) is 4.98 Å². The molecule has 1 aliphatic rings. The Bertz CT molecular complexity index is 665. The zero-order valence-electron chi connectivity index (χ0n) is 12.1. The number of fused-ring (bicyclic) bond motifs is 1. The monoisotopic (exact) mass is 290 g/mol. The van der Waals surface area contributed by atoms with E-state index < -0.39 is 4.92 Å². The van der Waals surface area contributed by atoms with Crippen LogP contribution >= 0.6 is 0 Å². The van der Waals surface area contributed by atoms with E-state index in [1.54, 1.807) is 6.07 Å². The van der Waals surface area contributed by atoms with Crippen molar-refractivity contribution in [2.75, 3.05) is 18.9 Å². The minimum Gasteiger partial charge on any atom is -0.423 e. The van der Waals surface area contributed by atoms with Crippen LogP contribution in [0.2, 0.25) is 0 Å². The van der Waals surface area contributed by atoms with E-state index in [9.17, 15) is 10.1 Å². The molecule has 2 aromatic rings. The fraction of sp³-hybridized carbons (Fsp3) is 0.500. The molecule has 1 fully saturated rings. The van der Waals surface area contributed by atoms with Crippen molar-refractivity contribution in [3.05, 3.63) is 28.3 Å². The zero-order chi connectivity index (χ0) is 15.0. The lowest BCUT2D eigenvalue weighted by Gasteiger charge is -2.24. The zero-order valence-corrected chi connectivity index (χ0v) is 12.1. The number of nitrogens with one attached hydrogen (secondary N) is 1. The van der Waals surface area contributed by atoms with Crippen molar-refractivity contribution in [1.29, 1.82) is 0 Å². The number of nitro groups is 1. The van der Waals surface area contributed by atoms with E-state index in [0.29, 0.717) is 29.2 Å². The van der Waals surface area contributed by atoms with Crippen LogP contribution < -0.4 is 5.32 Å². The van der Waals surface area contributed by atoms with Gasteiger partial charge in [0.1, 0.15) is 5.52 Å². The Morgan fingerprint density at radius 3 is 3.00 bits per heavy atom. The predicted molar refractivity (Wildman–Crippen MR) is 79.4 cm³/mol. The van der Waals surface area contributed by atoms with Crippen LogP contribution in [-0.2, 0) is 0 Å². The molecule has 0 bridgehead atoms. The number of non-ortho nitro benzene ring substituents is 1. The van der Waals surface area contributed by atoms with Gasteiger partial charge in [0.05, 0.1) is 11.0 Å². The molecule has 1 unspecified atom stereocenters. The van der Waals surface area contributed by atoms with Crippen LogP contribution in [0, 0.1) is 10.1 Å². The molecule has 0 aliphatic heterocycles. The Morgan fingerprint density at radius 1 is 1.57 bits per heavy atom. The average Bonchev–Trinajstić information content (AvgIpc) is 3.22. The van der Waals surface area contributed by atoms with Crippen LogP contribution in [0.25, 0.3) is 11.1 Å². The molecule has 1 saturated carbocycles. The molecule has 21 heavy (non-hydrogen) atoms. The largest absolute Gasteiger partial charge is 0.423 e. The molecule has 7 nitrogen and oxygen atoms in total. The maximum Gasteiger partial charge on any atom is 0.295 e. The van der Waals surface area contributed by atoms with Gasteiger partial charge in [0.25, 0.3) is 11.7 Å². The predicted octanol–water partition coefficient (Wildman–Crippen LogP) is 2.63. The van der Waals surface area contributed by atoms with E-state index in [0.717, 1.165) is 6.54 Å². The lowest BCUT2D eigenvalue weighted by molar-refractivity contribution is -0.384. The number of hydrogen-bond acceptors (Lipinski definition) is 6. The second-order valence-corrected chi connectivity index (χ2v) is 5.55. The van der Waals surface area contributed by atoms with Crippen molar-refractivity contribution in [3.63, 3.8) is 0 Å². The number of benzene rings is 1. The first-order valence-electron chi connectivity index (χ1n) is 7.05. The summed E-state index contributed by atoms with van der Waals surface area (Å²) in [5, 5.41) is 13.9. The summed E-state index contributed by atoms with van der Waals surface area (Å²) in [5.74, 6) is 0. The second kappa shape index (κ2) is 5.33. The standard InChI is InChI=1S/C14H18N4O3/c1-9(17(2)10-3-4-10)8-15-14-16-12-6-5-11(18(19)20)7-13(12)21-14/h5-7,9-10H,3-4,8H2,1-2H3,(H,15,16). The molecule has 112 valence electrons. The third-order valence-corrected chi connectivity index (χ3v) is 3.95. The fourth-order valence-electron chi connectivity index (χ4n) is 2.32. The Balaban J connectivity index is 1.68. The van der Waals surface area contributed by atoms with Gasteiger partial charge in [0, 0.05) is 24.7 Å². The fourth-order valence-corrected chi connectivity index (χ4v) is 2.32.